The summed E-state index contributed by atoms with van der Waals surface area (Å²) >= 11 is 2.17. The molecule has 0 radical (unpaired) electrons. The summed E-state index contributed by atoms with van der Waals surface area (Å²) in [5, 5.41) is 21.1. The minimum atomic E-state index is -1.68. The SMILES string of the molecule is CC(C)(O)C(=O)N/C(=C/c1ccc(Oc2ccccc2I)cc1)C(=O)O. The highest BCUT2D eigenvalue weighted by Crippen LogP contribution is 2.26. The van der Waals surface area contributed by atoms with E-state index in [-0.39, 0.29) is 5.70 Å². The lowest BCUT2D eigenvalue weighted by atomic mass is 10.1. The molecule has 1 amide bonds. The quantitative estimate of drug-likeness (QED) is 0.447. The first-order chi connectivity index (χ1) is 12.2. The number of aliphatic hydroxyl groups is 1. The van der Waals surface area contributed by atoms with E-state index in [4.69, 9.17) is 4.74 Å². The van der Waals surface area contributed by atoms with Gasteiger partial charge in [-0.2, -0.15) is 0 Å². The third-order valence-corrected chi connectivity index (χ3v) is 4.18. The predicted molar refractivity (Wildman–Crippen MR) is 106 cm³/mol. The van der Waals surface area contributed by atoms with Crippen LogP contribution < -0.4 is 10.1 Å². The van der Waals surface area contributed by atoms with Crippen molar-refractivity contribution in [1.29, 1.82) is 0 Å². The summed E-state index contributed by atoms with van der Waals surface area (Å²) in [6.45, 7) is 2.55. The molecule has 0 atom stereocenters. The number of hydrogen-bond donors (Lipinski definition) is 3. The number of ether oxygens (including phenoxy) is 1. The molecular formula is C19H18INO5. The number of carbonyl (C=O) groups is 2. The molecule has 0 unspecified atom stereocenters. The fourth-order valence-electron chi connectivity index (χ4n) is 1.88. The number of hydrogen-bond acceptors (Lipinski definition) is 4. The summed E-state index contributed by atoms with van der Waals surface area (Å²) in [5.41, 5.74) is -1.45. The summed E-state index contributed by atoms with van der Waals surface area (Å²) in [4.78, 5) is 23.1. The third kappa shape index (κ3) is 5.57. The molecule has 6 nitrogen and oxygen atoms in total. The summed E-state index contributed by atoms with van der Waals surface area (Å²) < 4.78 is 6.75. The van der Waals surface area contributed by atoms with Crippen LogP contribution in [0.1, 0.15) is 19.4 Å². The van der Waals surface area contributed by atoms with Gasteiger partial charge in [-0.1, -0.05) is 24.3 Å². The van der Waals surface area contributed by atoms with Crippen LogP contribution in [0.25, 0.3) is 6.08 Å². The summed E-state index contributed by atoms with van der Waals surface area (Å²) in [7, 11) is 0. The van der Waals surface area contributed by atoms with Gasteiger partial charge in [0.2, 0.25) is 0 Å². The van der Waals surface area contributed by atoms with E-state index >= 15 is 0 Å². The van der Waals surface area contributed by atoms with Crippen LogP contribution >= 0.6 is 22.6 Å². The molecule has 0 aliphatic rings. The Kier molecular flexibility index (Phi) is 6.38. The minimum absolute atomic E-state index is 0.330. The Morgan fingerprint density at radius 2 is 1.73 bits per heavy atom. The van der Waals surface area contributed by atoms with Gasteiger partial charge in [0.1, 0.15) is 22.8 Å². The van der Waals surface area contributed by atoms with Crippen LogP contribution in [0, 0.1) is 3.57 Å². The maximum absolute atomic E-state index is 11.8. The van der Waals surface area contributed by atoms with Gasteiger partial charge < -0.3 is 20.3 Å². The van der Waals surface area contributed by atoms with Crippen LogP contribution in [0.3, 0.4) is 0 Å². The van der Waals surface area contributed by atoms with Gasteiger partial charge in [-0.3, -0.25) is 4.79 Å². The second kappa shape index (κ2) is 8.33. The van der Waals surface area contributed by atoms with E-state index < -0.39 is 17.5 Å². The molecule has 0 aromatic heterocycles. The number of carboxylic acids is 1. The zero-order chi connectivity index (χ0) is 19.3. The largest absolute Gasteiger partial charge is 0.477 e. The molecule has 0 heterocycles. The van der Waals surface area contributed by atoms with Crippen molar-refractivity contribution in [1.82, 2.24) is 5.32 Å². The number of rotatable bonds is 6. The van der Waals surface area contributed by atoms with E-state index in [9.17, 15) is 19.8 Å². The summed E-state index contributed by atoms with van der Waals surface area (Å²) in [6, 6.07) is 14.3. The second-order valence-corrected chi connectivity index (χ2v) is 7.14. The zero-order valence-electron chi connectivity index (χ0n) is 14.2. The van der Waals surface area contributed by atoms with Crippen molar-refractivity contribution in [3.05, 3.63) is 63.4 Å². The topological polar surface area (TPSA) is 95.9 Å². The molecule has 2 aromatic rings. The van der Waals surface area contributed by atoms with Gasteiger partial charge in [-0.25, -0.2) is 4.79 Å². The van der Waals surface area contributed by atoms with Gasteiger partial charge in [-0.15, -0.1) is 0 Å². The molecule has 7 heteroatoms. The van der Waals surface area contributed by atoms with E-state index in [1.807, 2.05) is 24.3 Å². The lowest BCUT2D eigenvalue weighted by Crippen LogP contribution is -2.42. The van der Waals surface area contributed by atoms with Gasteiger partial charge in [0.05, 0.1) is 3.57 Å². The van der Waals surface area contributed by atoms with Crippen LogP contribution in [0.4, 0.5) is 0 Å². The Hall–Kier alpha value is -2.39. The average molecular weight is 467 g/mol. The molecule has 2 rings (SSSR count). The van der Waals surface area contributed by atoms with E-state index in [1.54, 1.807) is 24.3 Å². The molecule has 26 heavy (non-hydrogen) atoms. The van der Waals surface area contributed by atoms with Crippen LogP contribution in [0.2, 0.25) is 0 Å². The number of para-hydroxylation sites is 1. The molecule has 0 spiro atoms. The smallest absolute Gasteiger partial charge is 0.352 e. The average Bonchev–Trinajstić information content (AvgIpc) is 2.57. The highest BCUT2D eigenvalue weighted by atomic mass is 127. The molecule has 0 saturated carbocycles. The first kappa shape index (κ1) is 19.9. The van der Waals surface area contributed by atoms with Gasteiger partial charge in [0.15, 0.2) is 0 Å². The van der Waals surface area contributed by atoms with Crippen molar-refractivity contribution >= 4 is 40.5 Å². The Labute approximate surface area is 164 Å². The number of carboxylic acid groups (broad SMARTS) is 1. The van der Waals surface area contributed by atoms with E-state index in [1.165, 1.54) is 19.9 Å². The van der Waals surface area contributed by atoms with Crippen LogP contribution in [0.5, 0.6) is 11.5 Å². The van der Waals surface area contributed by atoms with E-state index in [0.29, 0.717) is 11.3 Å². The number of nitrogens with one attached hydrogen (secondary N) is 1. The normalized spacial score (nSPS) is 11.8. The summed E-state index contributed by atoms with van der Waals surface area (Å²) in [5.74, 6) is -0.782. The number of carbonyl (C=O) groups excluding carboxylic acids is 1. The Morgan fingerprint density at radius 1 is 1.12 bits per heavy atom. The molecule has 2 aromatic carbocycles. The number of halogens is 1. The predicted octanol–water partition coefficient (Wildman–Crippen LogP) is 3.40. The first-order valence-corrected chi connectivity index (χ1v) is 8.76. The fraction of sp³-hybridized carbons (Fsp3) is 0.158. The van der Waals surface area contributed by atoms with Crippen molar-refractivity contribution < 1.29 is 24.5 Å². The van der Waals surface area contributed by atoms with Gasteiger partial charge in [0, 0.05) is 0 Å². The Bertz CT molecular complexity index is 838. The highest BCUT2D eigenvalue weighted by Gasteiger charge is 2.25. The van der Waals surface area contributed by atoms with Crippen LogP contribution in [-0.2, 0) is 9.59 Å². The monoisotopic (exact) mass is 467 g/mol. The lowest BCUT2D eigenvalue weighted by molar-refractivity contribution is -0.139. The molecule has 136 valence electrons. The van der Waals surface area contributed by atoms with Crippen molar-refractivity contribution in [3.63, 3.8) is 0 Å². The molecule has 0 saturated heterocycles. The second-order valence-electron chi connectivity index (χ2n) is 5.98. The number of aliphatic carboxylic acids is 1. The molecule has 0 aliphatic carbocycles. The Balaban J connectivity index is 2.17. The molecule has 3 N–H and O–H groups in total. The maximum atomic E-state index is 11.8. The minimum Gasteiger partial charge on any atom is -0.477 e. The zero-order valence-corrected chi connectivity index (χ0v) is 16.4. The van der Waals surface area contributed by atoms with Crippen molar-refractivity contribution in [3.8, 4) is 11.5 Å². The van der Waals surface area contributed by atoms with E-state index in [0.717, 1.165) is 9.32 Å². The highest BCUT2D eigenvalue weighted by molar-refractivity contribution is 14.1. The lowest BCUT2D eigenvalue weighted by Gasteiger charge is -2.16. The first-order valence-electron chi connectivity index (χ1n) is 7.68. The maximum Gasteiger partial charge on any atom is 0.352 e. The summed E-state index contributed by atoms with van der Waals surface area (Å²) in [6.07, 6.45) is 1.31. The third-order valence-electron chi connectivity index (χ3n) is 3.29. The van der Waals surface area contributed by atoms with Gasteiger partial charge in [0.25, 0.3) is 5.91 Å². The van der Waals surface area contributed by atoms with E-state index in [2.05, 4.69) is 27.9 Å². The number of amides is 1. The standard InChI is InChI=1S/C19H18INO5/c1-19(2,25)18(24)21-15(17(22)23)11-12-7-9-13(10-8-12)26-16-6-4-3-5-14(16)20/h3-11,25H,1-2H3,(H,21,24)(H,22,23)/b15-11+. The van der Waals surface area contributed by atoms with Crippen molar-refractivity contribution in [2.45, 2.75) is 19.4 Å². The molecule has 0 aliphatic heterocycles. The van der Waals surface area contributed by atoms with Gasteiger partial charge in [-0.05, 0) is 72.3 Å². The molecular weight excluding hydrogens is 449 g/mol. The van der Waals surface area contributed by atoms with Crippen LogP contribution in [-0.4, -0.2) is 27.7 Å². The Morgan fingerprint density at radius 3 is 2.27 bits per heavy atom. The number of benzene rings is 2. The fourth-order valence-corrected chi connectivity index (χ4v) is 2.38. The van der Waals surface area contributed by atoms with Crippen molar-refractivity contribution in [2.75, 3.05) is 0 Å². The van der Waals surface area contributed by atoms with Gasteiger partial charge >= 0.3 is 5.97 Å². The van der Waals surface area contributed by atoms with Crippen LogP contribution in [0.15, 0.2) is 54.2 Å². The molecule has 0 bridgehead atoms. The van der Waals surface area contributed by atoms with Crippen molar-refractivity contribution in [2.24, 2.45) is 0 Å². The molecule has 0 fully saturated rings.